The fourth-order valence-electron chi connectivity index (χ4n) is 2.43. The maximum atomic E-state index is 6.21. The van der Waals surface area contributed by atoms with E-state index in [-0.39, 0.29) is 0 Å². The second-order valence-corrected chi connectivity index (χ2v) is 4.63. The molecule has 0 amide bonds. The Kier molecular flexibility index (Phi) is 4.46. The number of rotatable bonds is 2. The van der Waals surface area contributed by atoms with Crippen LogP contribution in [0.1, 0.15) is 51.4 Å². The maximum absolute atomic E-state index is 6.21. The van der Waals surface area contributed by atoms with Gasteiger partial charge >= 0.3 is 0 Å². The van der Waals surface area contributed by atoms with E-state index < -0.39 is 0 Å². The van der Waals surface area contributed by atoms with Gasteiger partial charge in [0.1, 0.15) is 0 Å². The van der Waals surface area contributed by atoms with E-state index in [1.54, 1.807) is 0 Å². The standard InChI is InChI=1S/C14H22O/c1-2-6-10-13(9-5-1)15-14-11-7-3-4-8-12-14/h1-4,13-14H,5-12H2. The Morgan fingerprint density at radius 2 is 0.933 bits per heavy atom. The zero-order valence-corrected chi connectivity index (χ0v) is 9.53. The van der Waals surface area contributed by atoms with Gasteiger partial charge in [0.2, 0.25) is 0 Å². The van der Waals surface area contributed by atoms with E-state index in [1.165, 1.54) is 51.4 Å². The zero-order valence-electron chi connectivity index (χ0n) is 9.53. The lowest BCUT2D eigenvalue weighted by Gasteiger charge is -2.23. The van der Waals surface area contributed by atoms with Gasteiger partial charge in [-0.2, -0.15) is 0 Å². The first-order valence-electron chi connectivity index (χ1n) is 6.40. The number of hydrogen-bond donors (Lipinski definition) is 0. The molecule has 0 atom stereocenters. The molecule has 2 rings (SSSR count). The Hall–Kier alpha value is -0.560. The molecular weight excluding hydrogens is 184 g/mol. The van der Waals surface area contributed by atoms with Gasteiger partial charge in [-0.15, -0.1) is 0 Å². The molecule has 0 unspecified atom stereocenters. The highest BCUT2D eigenvalue weighted by Gasteiger charge is 2.17. The Morgan fingerprint density at radius 1 is 0.600 bits per heavy atom. The number of allylic oxidation sites excluding steroid dienone is 4. The van der Waals surface area contributed by atoms with Crippen molar-refractivity contribution in [3.63, 3.8) is 0 Å². The molecule has 1 nitrogen and oxygen atoms in total. The summed E-state index contributed by atoms with van der Waals surface area (Å²) in [7, 11) is 0. The van der Waals surface area contributed by atoms with Crippen LogP contribution < -0.4 is 0 Å². The lowest BCUT2D eigenvalue weighted by atomic mass is 10.1. The molecule has 1 heteroatoms. The average molecular weight is 206 g/mol. The Bertz CT molecular complexity index is 185. The minimum atomic E-state index is 0.517. The number of ether oxygens (including phenoxy) is 1. The van der Waals surface area contributed by atoms with Crippen molar-refractivity contribution in [1.82, 2.24) is 0 Å². The lowest BCUT2D eigenvalue weighted by molar-refractivity contribution is -0.0245. The van der Waals surface area contributed by atoms with Gasteiger partial charge in [-0.25, -0.2) is 0 Å². The Labute approximate surface area is 93.2 Å². The van der Waals surface area contributed by atoms with Crippen molar-refractivity contribution in [2.75, 3.05) is 0 Å². The van der Waals surface area contributed by atoms with Crippen molar-refractivity contribution in [3.05, 3.63) is 24.3 Å². The molecule has 0 radical (unpaired) electrons. The van der Waals surface area contributed by atoms with E-state index in [0.29, 0.717) is 12.2 Å². The van der Waals surface area contributed by atoms with Crippen molar-refractivity contribution in [2.24, 2.45) is 0 Å². The number of hydrogen-bond acceptors (Lipinski definition) is 1. The molecule has 0 aliphatic heterocycles. The smallest absolute Gasteiger partial charge is 0.0584 e. The third kappa shape index (κ3) is 3.83. The van der Waals surface area contributed by atoms with Crippen LogP contribution >= 0.6 is 0 Å². The topological polar surface area (TPSA) is 9.23 Å². The van der Waals surface area contributed by atoms with Crippen molar-refractivity contribution in [1.29, 1.82) is 0 Å². The lowest BCUT2D eigenvalue weighted by Crippen LogP contribution is -2.21. The molecule has 84 valence electrons. The molecule has 2 aliphatic carbocycles. The van der Waals surface area contributed by atoms with E-state index in [0.717, 1.165) is 0 Å². The Balaban J connectivity index is 1.75. The van der Waals surface area contributed by atoms with Crippen LogP contribution in [0.2, 0.25) is 0 Å². The third-order valence-electron chi connectivity index (χ3n) is 3.34. The normalized spacial score (nSPS) is 25.1. The fraction of sp³-hybridized carbons (Fsp3) is 0.714. The van der Waals surface area contributed by atoms with Crippen LogP contribution in [0.25, 0.3) is 0 Å². The molecule has 2 aliphatic rings. The van der Waals surface area contributed by atoms with E-state index in [1.807, 2.05) is 0 Å². The summed E-state index contributed by atoms with van der Waals surface area (Å²) >= 11 is 0. The minimum absolute atomic E-state index is 0.517. The van der Waals surface area contributed by atoms with Gasteiger partial charge in [-0.3, -0.25) is 0 Å². The zero-order chi connectivity index (χ0) is 10.3. The van der Waals surface area contributed by atoms with Crippen LogP contribution in [0.3, 0.4) is 0 Å². The van der Waals surface area contributed by atoms with Gasteiger partial charge < -0.3 is 4.74 Å². The molecule has 0 spiro atoms. The molecule has 0 aromatic heterocycles. The molecule has 0 aromatic carbocycles. The predicted octanol–water partition coefficient (Wildman–Crippen LogP) is 4.00. The first-order valence-corrected chi connectivity index (χ1v) is 6.40. The van der Waals surface area contributed by atoms with Gasteiger partial charge in [-0.05, 0) is 51.4 Å². The van der Waals surface area contributed by atoms with Crippen LogP contribution in [-0.2, 0) is 4.74 Å². The summed E-state index contributed by atoms with van der Waals surface area (Å²) in [6.45, 7) is 0. The summed E-state index contributed by atoms with van der Waals surface area (Å²) in [4.78, 5) is 0. The van der Waals surface area contributed by atoms with Gasteiger partial charge in [0.15, 0.2) is 0 Å². The van der Waals surface area contributed by atoms with Crippen molar-refractivity contribution >= 4 is 0 Å². The fourth-order valence-corrected chi connectivity index (χ4v) is 2.43. The van der Waals surface area contributed by atoms with E-state index in [4.69, 9.17) is 4.74 Å². The monoisotopic (exact) mass is 206 g/mol. The SMILES string of the molecule is C1=CCCC(OC2CCC=CCC2)CC1. The van der Waals surface area contributed by atoms with Crippen LogP contribution in [0.15, 0.2) is 24.3 Å². The van der Waals surface area contributed by atoms with Gasteiger partial charge in [0.05, 0.1) is 12.2 Å². The maximum Gasteiger partial charge on any atom is 0.0584 e. The van der Waals surface area contributed by atoms with E-state index in [2.05, 4.69) is 24.3 Å². The van der Waals surface area contributed by atoms with Crippen LogP contribution in [-0.4, -0.2) is 12.2 Å². The molecule has 15 heavy (non-hydrogen) atoms. The molecular formula is C14H22O. The first-order chi connectivity index (χ1) is 7.45. The molecule has 0 bridgehead atoms. The minimum Gasteiger partial charge on any atom is -0.375 e. The quantitative estimate of drug-likeness (QED) is 0.620. The molecule has 0 fully saturated rings. The molecule has 0 N–H and O–H groups in total. The van der Waals surface area contributed by atoms with Gasteiger partial charge in [-0.1, -0.05) is 24.3 Å². The van der Waals surface area contributed by atoms with E-state index >= 15 is 0 Å². The average Bonchev–Trinajstić information content (AvgIpc) is 2.63. The third-order valence-corrected chi connectivity index (χ3v) is 3.34. The molecule has 0 saturated heterocycles. The van der Waals surface area contributed by atoms with Crippen LogP contribution in [0, 0.1) is 0 Å². The Morgan fingerprint density at radius 3 is 1.27 bits per heavy atom. The highest BCUT2D eigenvalue weighted by Crippen LogP contribution is 2.22. The highest BCUT2D eigenvalue weighted by atomic mass is 16.5. The second-order valence-electron chi connectivity index (χ2n) is 4.63. The molecule has 0 saturated carbocycles. The summed E-state index contributed by atoms with van der Waals surface area (Å²) in [5.41, 5.74) is 0. The summed E-state index contributed by atoms with van der Waals surface area (Å²) < 4.78 is 6.21. The van der Waals surface area contributed by atoms with Crippen LogP contribution in [0.5, 0.6) is 0 Å². The van der Waals surface area contributed by atoms with Crippen molar-refractivity contribution in [3.8, 4) is 0 Å². The van der Waals surface area contributed by atoms with Crippen molar-refractivity contribution in [2.45, 2.75) is 63.6 Å². The van der Waals surface area contributed by atoms with Gasteiger partial charge in [0, 0.05) is 0 Å². The summed E-state index contributed by atoms with van der Waals surface area (Å²) in [6.07, 6.45) is 20.0. The molecule has 0 heterocycles. The van der Waals surface area contributed by atoms with Crippen LogP contribution in [0.4, 0.5) is 0 Å². The summed E-state index contributed by atoms with van der Waals surface area (Å²) in [5, 5.41) is 0. The largest absolute Gasteiger partial charge is 0.375 e. The van der Waals surface area contributed by atoms with E-state index in [9.17, 15) is 0 Å². The highest BCUT2D eigenvalue weighted by molar-refractivity contribution is 4.89. The predicted molar refractivity (Wildman–Crippen MR) is 63.9 cm³/mol. The summed E-state index contributed by atoms with van der Waals surface area (Å²) in [6, 6.07) is 0. The van der Waals surface area contributed by atoms with Gasteiger partial charge in [0.25, 0.3) is 0 Å². The second kappa shape index (κ2) is 6.12. The molecule has 0 aromatic rings. The first kappa shape index (κ1) is 10.9. The van der Waals surface area contributed by atoms with Crippen molar-refractivity contribution < 1.29 is 4.74 Å². The summed E-state index contributed by atoms with van der Waals surface area (Å²) in [5.74, 6) is 0.